The Kier molecular flexibility index (Phi) is 5.01. The van der Waals surface area contributed by atoms with Crippen LogP contribution in [0.4, 0.5) is 4.79 Å². The molecule has 20 heavy (non-hydrogen) atoms. The monoisotopic (exact) mass is 275 g/mol. The van der Waals surface area contributed by atoms with Gasteiger partial charge in [0, 0.05) is 46.3 Å². The molecule has 4 heteroatoms. The molecule has 1 fully saturated rings. The average Bonchev–Trinajstić information content (AvgIpc) is 2.47. The first-order valence-corrected chi connectivity index (χ1v) is 7.32. The molecule has 0 saturated carbocycles. The molecule has 1 atom stereocenters. The van der Waals surface area contributed by atoms with E-state index in [2.05, 4.69) is 42.2 Å². The molecule has 1 saturated heterocycles. The Balaban J connectivity index is 1.83. The van der Waals surface area contributed by atoms with Crippen molar-refractivity contribution in [1.29, 1.82) is 0 Å². The topological polar surface area (TPSA) is 26.8 Å². The lowest BCUT2D eigenvalue weighted by molar-refractivity contribution is 0.102. The van der Waals surface area contributed by atoms with Gasteiger partial charge in [-0.3, -0.25) is 4.90 Å². The van der Waals surface area contributed by atoms with Crippen LogP contribution in [0, 0.1) is 0 Å². The van der Waals surface area contributed by atoms with Crippen molar-refractivity contribution < 1.29 is 4.79 Å². The van der Waals surface area contributed by atoms with Gasteiger partial charge in [-0.1, -0.05) is 30.3 Å². The number of urea groups is 1. The minimum atomic E-state index is 0.125. The fourth-order valence-corrected chi connectivity index (χ4v) is 2.72. The SMILES string of the molecule is CC(Cc1ccccc1)N1CCN(C(=O)N(C)C)CC1. The highest BCUT2D eigenvalue weighted by Crippen LogP contribution is 2.12. The predicted molar refractivity (Wildman–Crippen MR) is 81.8 cm³/mol. The van der Waals surface area contributed by atoms with E-state index in [1.165, 1.54) is 5.56 Å². The summed E-state index contributed by atoms with van der Waals surface area (Å²) in [5.41, 5.74) is 1.38. The molecule has 0 spiro atoms. The van der Waals surface area contributed by atoms with Crippen LogP contribution in [0.1, 0.15) is 12.5 Å². The second-order valence-electron chi connectivity index (χ2n) is 5.74. The molecule has 1 heterocycles. The number of amides is 2. The molecule has 0 radical (unpaired) electrons. The molecule has 2 amide bonds. The fourth-order valence-electron chi connectivity index (χ4n) is 2.72. The first kappa shape index (κ1) is 14.9. The van der Waals surface area contributed by atoms with Crippen LogP contribution in [0.15, 0.2) is 30.3 Å². The Morgan fingerprint density at radius 2 is 1.75 bits per heavy atom. The highest BCUT2D eigenvalue weighted by atomic mass is 16.2. The van der Waals surface area contributed by atoms with Crippen LogP contribution >= 0.6 is 0 Å². The number of hydrogen-bond donors (Lipinski definition) is 0. The highest BCUT2D eigenvalue weighted by Gasteiger charge is 2.24. The van der Waals surface area contributed by atoms with Crippen LogP contribution in [0.5, 0.6) is 0 Å². The predicted octanol–water partition coefficient (Wildman–Crippen LogP) is 1.92. The molecule has 1 aliphatic heterocycles. The zero-order valence-electron chi connectivity index (χ0n) is 12.7. The number of rotatable bonds is 3. The van der Waals surface area contributed by atoms with E-state index in [0.29, 0.717) is 6.04 Å². The van der Waals surface area contributed by atoms with Gasteiger partial charge in [0.05, 0.1) is 0 Å². The number of carbonyl (C=O) groups excluding carboxylic acids is 1. The summed E-state index contributed by atoms with van der Waals surface area (Å²) in [7, 11) is 3.62. The standard InChI is InChI=1S/C16H25N3O/c1-14(13-15-7-5-4-6-8-15)18-9-11-19(12-10-18)16(20)17(2)3/h4-8,14H,9-13H2,1-3H3. The van der Waals surface area contributed by atoms with Gasteiger partial charge < -0.3 is 9.80 Å². The Hall–Kier alpha value is -1.55. The van der Waals surface area contributed by atoms with Crippen molar-refractivity contribution in [3.63, 3.8) is 0 Å². The maximum absolute atomic E-state index is 11.9. The molecular weight excluding hydrogens is 250 g/mol. The summed E-state index contributed by atoms with van der Waals surface area (Å²) in [6, 6.07) is 11.3. The molecule has 0 N–H and O–H groups in total. The molecule has 0 bridgehead atoms. The smallest absolute Gasteiger partial charge is 0.319 e. The van der Waals surface area contributed by atoms with Crippen LogP contribution in [0.3, 0.4) is 0 Å². The Bertz CT molecular complexity index is 425. The van der Waals surface area contributed by atoms with Gasteiger partial charge in [-0.05, 0) is 18.9 Å². The molecule has 110 valence electrons. The number of nitrogens with zero attached hydrogens (tertiary/aromatic N) is 3. The van der Waals surface area contributed by atoms with Gasteiger partial charge in [-0.25, -0.2) is 4.79 Å². The van der Waals surface area contributed by atoms with Gasteiger partial charge in [0.1, 0.15) is 0 Å². The van der Waals surface area contributed by atoms with E-state index in [1.807, 2.05) is 19.0 Å². The van der Waals surface area contributed by atoms with Crippen molar-refractivity contribution in [2.24, 2.45) is 0 Å². The van der Waals surface area contributed by atoms with E-state index < -0.39 is 0 Å². The van der Waals surface area contributed by atoms with E-state index in [1.54, 1.807) is 4.90 Å². The van der Waals surface area contributed by atoms with Gasteiger partial charge >= 0.3 is 6.03 Å². The van der Waals surface area contributed by atoms with E-state index >= 15 is 0 Å². The van der Waals surface area contributed by atoms with Crippen LogP contribution in [0.2, 0.25) is 0 Å². The van der Waals surface area contributed by atoms with E-state index in [-0.39, 0.29) is 6.03 Å². The summed E-state index contributed by atoms with van der Waals surface area (Å²) in [6.07, 6.45) is 1.07. The van der Waals surface area contributed by atoms with Gasteiger partial charge in [-0.2, -0.15) is 0 Å². The van der Waals surface area contributed by atoms with Crippen molar-refractivity contribution in [1.82, 2.24) is 14.7 Å². The highest BCUT2D eigenvalue weighted by molar-refractivity contribution is 5.73. The second kappa shape index (κ2) is 6.75. The summed E-state index contributed by atoms with van der Waals surface area (Å²) in [4.78, 5) is 18.0. The largest absolute Gasteiger partial charge is 0.331 e. The Morgan fingerprint density at radius 1 is 1.15 bits per heavy atom. The van der Waals surface area contributed by atoms with Gasteiger partial charge in [0.25, 0.3) is 0 Å². The lowest BCUT2D eigenvalue weighted by atomic mass is 10.1. The maximum Gasteiger partial charge on any atom is 0.319 e. The van der Waals surface area contributed by atoms with Crippen molar-refractivity contribution >= 4 is 6.03 Å². The third kappa shape index (κ3) is 3.73. The zero-order valence-corrected chi connectivity index (χ0v) is 12.7. The minimum Gasteiger partial charge on any atom is -0.331 e. The summed E-state index contributed by atoms with van der Waals surface area (Å²) in [5, 5.41) is 0. The molecule has 0 aromatic heterocycles. The van der Waals surface area contributed by atoms with Crippen LogP contribution in [-0.4, -0.2) is 67.0 Å². The van der Waals surface area contributed by atoms with Crippen molar-refractivity contribution in [3.05, 3.63) is 35.9 Å². The third-order valence-corrected chi connectivity index (χ3v) is 3.96. The quantitative estimate of drug-likeness (QED) is 0.842. The molecule has 1 unspecified atom stereocenters. The zero-order chi connectivity index (χ0) is 14.5. The molecule has 4 nitrogen and oxygen atoms in total. The van der Waals surface area contributed by atoms with E-state index in [0.717, 1.165) is 32.6 Å². The van der Waals surface area contributed by atoms with Crippen LogP contribution in [-0.2, 0) is 6.42 Å². The molecule has 1 aromatic carbocycles. The summed E-state index contributed by atoms with van der Waals surface area (Å²) in [6.45, 7) is 5.86. The first-order valence-electron chi connectivity index (χ1n) is 7.32. The molecule has 1 aliphatic rings. The van der Waals surface area contributed by atoms with Gasteiger partial charge in [0.2, 0.25) is 0 Å². The van der Waals surface area contributed by atoms with Gasteiger partial charge in [-0.15, -0.1) is 0 Å². The number of carbonyl (C=O) groups is 1. The average molecular weight is 275 g/mol. The summed E-state index contributed by atoms with van der Waals surface area (Å²) >= 11 is 0. The fraction of sp³-hybridized carbons (Fsp3) is 0.562. The maximum atomic E-state index is 11.9. The second-order valence-corrected chi connectivity index (χ2v) is 5.74. The normalized spacial score (nSPS) is 17.9. The lowest BCUT2D eigenvalue weighted by Gasteiger charge is -2.39. The molecule has 2 rings (SSSR count). The van der Waals surface area contributed by atoms with Crippen molar-refractivity contribution in [3.8, 4) is 0 Å². The first-order chi connectivity index (χ1) is 9.58. The number of benzene rings is 1. The van der Waals surface area contributed by atoms with E-state index in [9.17, 15) is 4.79 Å². The molecule has 1 aromatic rings. The summed E-state index contributed by atoms with van der Waals surface area (Å²) in [5.74, 6) is 0. The third-order valence-electron chi connectivity index (χ3n) is 3.96. The number of hydrogen-bond acceptors (Lipinski definition) is 2. The summed E-state index contributed by atoms with van der Waals surface area (Å²) < 4.78 is 0. The van der Waals surface area contributed by atoms with Crippen LogP contribution < -0.4 is 0 Å². The number of piperazine rings is 1. The minimum absolute atomic E-state index is 0.125. The Morgan fingerprint density at radius 3 is 2.30 bits per heavy atom. The van der Waals surface area contributed by atoms with Gasteiger partial charge in [0.15, 0.2) is 0 Å². The van der Waals surface area contributed by atoms with Crippen molar-refractivity contribution in [2.75, 3.05) is 40.3 Å². The van der Waals surface area contributed by atoms with E-state index in [4.69, 9.17) is 0 Å². The molecule has 0 aliphatic carbocycles. The molecular formula is C16H25N3O. The van der Waals surface area contributed by atoms with Crippen LogP contribution in [0.25, 0.3) is 0 Å². The van der Waals surface area contributed by atoms with Crippen molar-refractivity contribution in [2.45, 2.75) is 19.4 Å². The lowest BCUT2D eigenvalue weighted by Crippen LogP contribution is -2.53. The Labute approximate surface area is 122 Å².